The Labute approximate surface area is 162 Å². The van der Waals surface area contributed by atoms with Crippen molar-refractivity contribution >= 4 is 35.1 Å². The summed E-state index contributed by atoms with van der Waals surface area (Å²) in [5, 5.41) is 4.29. The van der Waals surface area contributed by atoms with Crippen LogP contribution in [0.2, 0.25) is 0 Å². The molecule has 0 bridgehead atoms. The van der Waals surface area contributed by atoms with Gasteiger partial charge >= 0.3 is 0 Å². The summed E-state index contributed by atoms with van der Waals surface area (Å²) in [5.41, 5.74) is 7.03. The van der Waals surface area contributed by atoms with Crippen LogP contribution in [0.25, 0.3) is 0 Å². The summed E-state index contributed by atoms with van der Waals surface area (Å²) < 4.78 is 19.5. The molecule has 8 heteroatoms. The normalized spacial score (nSPS) is 19.6. The van der Waals surface area contributed by atoms with Crippen LogP contribution in [-0.2, 0) is 18.4 Å². The molecule has 0 spiro atoms. The fraction of sp³-hybridized carbons (Fsp3) is 0.389. The van der Waals surface area contributed by atoms with E-state index in [0.29, 0.717) is 29.1 Å². The fourth-order valence-electron chi connectivity index (χ4n) is 2.86. The Morgan fingerprint density at radius 3 is 2.85 bits per heavy atom. The van der Waals surface area contributed by atoms with Gasteiger partial charge in [-0.2, -0.15) is 0 Å². The van der Waals surface area contributed by atoms with Gasteiger partial charge in [-0.25, -0.2) is 4.39 Å². The highest BCUT2D eigenvalue weighted by Gasteiger charge is 2.32. The third kappa shape index (κ3) is 4.27. The van der Waals surface area contributed by atoms with Gasteiger partial charge in [0.25, 0.3) is 0 Å². The van der Waals surface area contributed by atoms with Crippen molar-refractivity contribution in [3.8, 4) is 0 Å². The van der Waals surface area contributed by atoms with Crippen molar-refractivity contribution in [2.45, 2.75) is 38.6 Å². The van der Waals surface area contributed by atoms with Crippen molar-refractivity contribution in [1.82, 2.24) is 5.16 Å². The van der Waals surface area contributed by atoms with Gasteiger partial charge in [0.15, 0.2) is 5.17 Å². The van der Waals surface area contributed by atoms with E-state index in [1.54, 1.807) is 18.2 Å². The number of aromatic nitrogens is 1. The molecule has 1 aliphatic heterocycles. The molecule has 0 fully saturated rings. The number of Topliss-reactive ketones (excluding diaryl/α,β-unsaturated/α-hetero) is 1. The van der Waals surface area contributed by atoms with Crippen molar-refractivity contribution in [2.24, 2.45) is 10.7 Å². The molecule has 2 heterocycles. The van der Waals surface area contributed by atoms with Gasteiger partial charge in [-0.05, 0) is 37.5 Å². The van der Waals surface area contributed by atoms with Gasteiger partial charge in [-0.1, -0.05) is 29.9 Å². The number of nitrogens with two attached hydrogens (primary N) is 1. The van der Waals surface area contributed by atoms with E-state index in [4.69, 9.17) is 10.3 Å². The second kappa shape index (κ2) is 8.22. The van der Waals surface area contributed by atoms with Crippen molar-refractivity contribution in [2.75, 3.05) is 5.75 Å². The molecule has 3 rings (SSSR count). The second-order valence-electron chi connectivity index (χ2n) is 6.27. The molecule has 2 aromatic rings. The number of thioether (sulfide) groups is 1. The maximum absolute atomic E-state index is 14.4. The number of benzene rings is 1. The lowest BCUT2D eigenvalue weighted by molar-refractivity contribution is 0.0957. The van der Waals surface area contributed by atoms with E-state index in [1.165, 1.54) is 17.8 Å². The summed E-state index contributed by atoms with van der Waals surface area (Å²) in [6, 6.07) is 6.35. The molecule has 0 radical (unpaired) electrons. The molecule has 0 saturated carbocycles. The van der Waals surface area contributed by atoms with E-state index in [0.717, 1.165) is 11.4 Å². The number of rotatable bonds is 5. The summed E-state index contributed by atoms with van der Waals surface area (Å²) in [6.45, 7) is 3.81. The fourth-order valence-corrected chi connectivity index (χ4v) is 3.83. The van der Waals surface area contributed by atoms with Crippen LogP contribution in [0, 0.1) is 5.82 Å². The number of hydrogen-bond donors (Lipinski definition) is 1. The average molecular weight is 398 g/mol. The number of halogens is 2. The largest absolute Gasteiger partial charge is 0.379 e. The summed E-state index contributed by atoms with van der Waals surface area (Å²) in [4.78, 5) is 16.8. The average Bonchev–Trinajstić information content (AvgIpc) is 3.05. The topological polar surface area (TPSA) is 81.5 Å². The first-order chi connectivity index (χ1) is 11.9. The summed E-state index contributed by atoms with van der Waals surface area (Å²) >= 11 is 1.47. The van der Waals surface area contributed by atoms with E-state index in [-0.39, 0.29) is 36.2 Å². The van der Waals surface area contributed by atoms with Crippen LogP contribution in [0.15, 0.2) is 33.8 Å². The minimum atomic E-state index is -0.708. The first-order valence-electron chi connectivity index (χ1n) is 8.17. The molecule has 0 aliphatic carbocycles. The molecule has 1 aliphatic rings. The molecule has 0 unspecified atom stereocenters. The SMILES string of the molecule is CCc1cc(C(=O)Cc2ccc(F)c([C@]3(C)CCSC(N)=N3)c2)on1.Cl. The number of carbonyl (C=O) groups excluding carboxylic acids is 1. The standard InChI is InChI=1S/C18H20FN3O2S.ClH/c1-3-12-10-16(24-22-12)15(23)9-11-4-5-14(19)13(8-11)18(2)6-7-25-17(20)21-18;/h4-5,8,10H,3,6-7,9H2,1-2H3,(H2,20,21);1H/t18-;/m0./s1. The minimum Gasteiger partial charge on any atom is -0.379 e. The van der Waals surface area contributed by atoms with Crippen LogP contribution in [0.4, 0.5) is 4.39 Å². The number of carbonyl (C=O) groups is 1. The Morgan fingerprint density at radius 1 is 1.42 bits per heavy atom. The predicted octanol–water partition coefficient (Wildman–Crippen LogP) is 3.89. The van der Waals surface area contributed by atoms with Crippen LogP contribution in [-0.4, -0.2) is 21.9 Å². The highest BCUT2D eigenvalue weighted by molar-refractivity contribution is 8.13. The van der Waals surface area contributed by atoms with Gasteiger partial charge < -0.3 is 10.3 Å². The van der Waals surface area contributed by atoms with E-state index in [2.05, 4.69) is 10.1 Å². The summed E-state index contributed by atoms with van der Waals surface area (Å²) in [6.07, 6.45) is 1.51. The van der Waals surface area contributed by atoms with Gasteiger partial charge in [-0.15, -0.1) is 12.4 Å². The molecule has 0 amide bonds. The van der Waals surface area contributed by atoms with Gasteiger partial charge in [0, 0.05) is 23.8 Å². The van der Waals surface area contributed by atoms with Gasteiger partial charge in [0.1, 0.15) is 5.82 Å². The first kappa shape index (κ1) is 20.5. The van der Waals surface area contributed by atoms with Crippen LogP contribution in [0.5, 0.6) is 0 Å². The van der Waals surface area contributed by atoms with Crippen molar-refractivity contribution < 1.29 is 13.7 Å². The lowest BCUT2D eigenvalue weighted by Crippen LogP contribution is -2.29. The Morgan fingerprint density at radius 2 is 2.19 bits per heavy atom. The van der Waals surface area contributed by atoms with E-state index in [1.807, 2.05) is 13.8 Å². The van der Waals surface area contributed by atoms with Gasteiger partial charge in [0.2, 0.25) is 11.5 Å². The van der Waals surface area contributed by atoms with E-state index >= 15 is 0 Å². The van der Waals surface area contributed by atoms with Crippen molar-refractivity contribution in [3.63, 3.8) is 0 Å². The Bertz CT molecular complexity index is 840. The van der Waals surface area contributed by atoms with Gasteiger partial charge in [0.05, 0.1) is 11.2 Å². The van der Waals surface area contributed by atoms with Crippen molar-refractivity contribution in [1.29, 1.82) is 0 Å². The van der Waals surface area contributed by atoms with E-state index in [9.17, 15) is 9.18 Å². The minimum absolute atomic E-state index is 0. The maximum Gasteiger partial charge on any atom is 0.205 e. The first-order valence-corrected chi connectivity index (χ1v) is 9.15. The zero-order valence-corrected chi connectivity index (χ0v) is 16.3. The Hall–Kier alpha value is -1.86. The molecule has 1 aromatic heterocycles. The molecule has 2 N–H and O–H groups in total. The van der Waals surface area contributed by atoms with Crippen LogP contribution in [0.1, 0.15) is 47.6 Å². The van der Waals surface area contributed by atoms with Crippen molar-refractivity contribution in [3.05, 3.63) is 52.7 Å². The van der Waals surface area contributed by atoms with Crippen LogP contribution < -0.4 is 5.73 Å². The van der Waals surface area contributed by atoms with E-state index < -0.39 is 5.54 Å². The molecule has 26 heavy (non-hydrogen) atoms. The molecule has 5 nitrogen and oxygen atoms in total. The second-order valence-corrected chi connectivity index (χ2v) is 7.39. The molecule has 1 aromatic carbocycles. The predicted molar refractivity (Wildman–Crippen MR) is 104 cm³/mol. The number of aryl methyl sites for hydroxylation is 1. The molecule has 1 atom stereocenters. The third-order valence-corrected chi connectivity index (χ3v) is 5.16. The lowest BCUT2D eigenvalue weighted by atomic mass is 9.87. The molecular weight excluding hydrogens is 377 g/mol. The molecular formula is C18H21ClFN3O2S. The zero-order valence-electron chi connectivity index (χ0n) is 14.6. The lowest BCUT2D eigenvalue weighted by Gasteiger charge is -2.30. The zero-order chi connectivity index (χ0) is 18.0. The van der Waals surface area contributed by atoms with Crippen LogP contribution in [0.3, 0.4) is 0 Å². The number of aliphatic imine (C=N–C) groups is 1. The summed E-state index contributed by atoms with van der Waals surface area (Å²) in [7, 11) is 0. The number of nitrogens with zero attached hydrogens (tertiary/aromatic N) is 2. The Balaban J connectivity index is 0.00000243. The smallest absolute Gasteiger partial charge is 0.205 e. The number of hydrogen-bond acceptors (Lipinski definition) is 6. The number of ketones is 1. The quantitative estimate of drug-likeness (QED) is 0.774. The monoisotopic (exact) mass is 397 g/mol. The summed E-state index contributed by atoms with van der Waals surface area (Å²) in [5.74, 6) is 0.490. The highest BCUT2D eigenvalue weighted by Crippen LogP contribution is 2.36. The number of amidine groups is 1. The van der Waals surface area contributed by atoms with Gasteiger partial charge in [-0.3, -0.25) is 9.79 Å². The van der Waals surface area contributed by atoms with Crippen LogP contribution >= 0.6 is 24.2 Å². The Kier molecular flexibility index (Phi) is 6.47. The molecule has 0 saturated heterocycles. The third-order valence-electron chi connectivity index (χ3n) is 4.37. The maximum atomic E-state index is 14.4. The molecule has 140 valence electrons. The highest BCUT2D eigenvalue weighted by atomic mass is 35.5.